The van der Waals surface area contributed by atoms with E-state index >= 15 is 0 Å². The van der Waals surface area contributed by atoms with Gasteiger partial charge in [0.25, 0.3) is 5.56 Å². The molecule has 1 aromatic carbocycles. The fraction of sp³-hybridized carbons (Fsp3) is 0.353. The number of aromatic nitrogens is 2. The third-order valence-corrected chi connectivity index (χ3v) is 3.91. The molecule has 1 heterocycles. The van der Waals surface area contributed by atoms with Crippen LogP contribution in [-0.2, 0) is 22.5 Å². The van der Waals surface area contributed by atoms with Crippen molar-refractivity contribution in [2.24, 2.45) is 5.73 Å². The predicted molar refractivity (Wildman–Crippen MR) is 96.7 cm³/mol. The number of hydrogen-bond donors (Lipinski definition) is 1. The molecule has 7 nitrogen and oxygen atoms in total. The third kappa shape index (κ3) is 5.04. The van der Waals surface area contributed by atoms with Crippen LogP contribution in [0.25, 0.3) is 0 Å². The molecule has 0 fully saturated rings. The van der Waals surface area contributed by atoms with Crippen LogP contribution in [0, 0.1) is 0 Å². The number of benzene rings is 1. The summed E-state index contributed by atoms with van der Waals surface area (Å²) in [4.78, 5) is 30.1. The number of nitrogens with zero attached hydrogens (tertiary/aromatic N) is 3. The molecule has 134 valence electrons. The molecule has 2 rings (SSSR count). The molecule has 0 radical (unpaired) electrons. The number of anilines is 1. The maximum Gasteiger partial charge on any atom is 0.326 e. The van der Waals surface area contributed by atoms with Gasteiger partial charge < -0.3 is 15.4 Å². The molecule has 2 aromatic rings. The minimum atomic E-state index is -0.535. The van der Waals surface area contributed by atoms with E-state index in [2.05, 4.69) is 4.98 Å². The predicted octanol–water partition coefficient (Wildman–Crippen LogP) is 1.43. The number of halogens is 1. The summed E-state index contributed by atoms with van der Waals surface area (Å²) in [5.41, 5.74) is 6.44. The summed E-state index contributed by atoms with van der Waals surface area (Å²) < 4.78 is 6.00. The molecule has 0 saturated carbocycles. The SMILES string of the molecule is CCOC(=O)Cn1c(Cl)cnc(N(CN)CCc2ccccc2)c1=O. The van der Waals surface area contributed by atoms with Gasteiger partial charge in [-0.3, -0.25) is 14.2 Å². The molecule has 1 aromatic heterocycles. The van der Waals surface area contributed by atoms with Crippen molar-refractivity contribution in [1.29, 1.82) is 0 Å². The molecule has 0 atom stereocenters. The lowest BCUT2D eigenvalue weighted by atomic mass is 10.1. The number of carbonyl (C=O) groups is 1. The van der Waals surface area contributed by atoms with E-state index in [4.69, 9.17) is 22.1 Å². The van der Waals surface area contributed by atoms with Crippen molar-refractivity contribution < 1.29 is 9.53 Å². The molecule has 2 N–H and O–H groups in total. The van der Waals surface area contributed by atoms with Gasteiger partial charge in [-0.05, 0) is 18.9 Å². The van der Waals surface area contributed by atoms with Gasteiger partial charge in [0.2, 0.25) is 0 Å². The van der Waals surface area contributed by atoms with Crippen LogP contribution in [0.3, 0.4) is 0 Å². The van der Waals surface area contributed by atoms with Crippen LogP contribution in [0.1, 0.15) is 12.5 Å². The highest BCUT2D eigenvalue weighted by molar-refractivity contribution is 6.29. The molecule has 0 aliphatic heterocycles. The van der Waals surface area contributed by atoms with Gasteiger partial charge in [-0.15, -0.1) is 0 Å². The summed E-state index contributed by atoms with van der Waals surface area (Å²) in [5, 5.41) is 0.0711. The largest absolute Gasteiger partial charge is 0.465 e. The van der Waals surface area contributed by atoms with Crippen LogP contribution < -0.4 is 16.2 Å². The van der Waals surface area contributed by atoms with Gasteiger partial charge >= 0.3 is 5.97 Å². The van der Waals surface area contributed by atoms with Gasteiger partial charge in [0.1, 0.15) is 11.7 Å². The number of nitrogens with two attached hydrogens (primary N) is 1. The van der Waals surface area contributed by atoms with Crippen molar-refractivity contribution in [2.45, 2.75) is 19.9 Å². The Kier molecular flexibility index (Phi) is 6.97. The molecular weight excluding hydrogens is 344 g/mol. The van der Waals surface area contributed by atoms with Crippen molar-refractivity contribution in [2.75, 3.05) is 24.7 Å². The zero-order valence-electron chi connectivity index (χ0n) is 14.0. The molecule has 0 unspecified atom stereocenters. The Labute approximate surface area is 151 Å². The van der Waals surface area contributed by atoms with Crippen LogP contribution in [0.15, 0.2) is 41.3 Å². The summed E-state index contributed by atoms with van der Waals surface area (Å²) in [6, 6.07) is 9.86. The first kappa shape index (κ1) is 19.0. The van der Waals surface area contributed by atoms with Gasteiger partial charge in [-0.25, -0.2) is 4.98 Å². The molecule has 25 heavy (non-hydrogen) atoms. The van der Waals surface area contributed by atoms with Crippen LogP contribution in [0.5, 0.6) is 0 Å². The van der Waals surface area contributed by atoms with Crippen LogP contribution in [-0.4, -0.2) is 35.3 Å². The number of ether oxygens (including phenoxy) is 1. The molecule has 8 heteroatoms. The minimum Gasteiger partial charge on any atom is -0.465 e. The molecule has 0 bridgehead atoms. The van der Waals surface area contributed by atoms with Gasteiger partial charge in [-0.1, -0.05) is 41.9 Å². The summed E-state index contributed by atoms with van der Waals surface area (Å²) in [5.74, 6) is -0.376. The first-order valence-corrected chi connectivity index (χ1v) is 8.34. The third-order valence-electron chi connectivity index (χ3n) is 3.61. The van der Waals surface area contributed by atoms with E-state index in [9.17, 15) is 9.59 Å². The number of esters is 1. The fourth-order valence-corrected chi connectivity index (χ4v) is 2.53. The Morgan fingerprint density at radius 1 is 1.36 bits per heavy atom. The highest BCUT2D eigenvalue weighted by Gasteiger charge is 2.17. The lowest BCUT2D eigenvalue weighted by Crippen LogP contribution is -2.39. The van der Waals surface area contributed by atoms with Crippen molar-refractivity contribution in [3.05, 3.63) is 57.6 Å². The smallest absolute Gasteiger partial charge is 0.326 e. The monoisotopic (exact) mass is 364 g/mol. The van der Waals surface area contributed by atoms with E-state index in [1.165, 1.54) is 6.20 Å². The first-order valence-electron chi connectivity index (χ1n) is 7.96. The average molecular weight is 365 g/mol. The van der Waals surface area contributed by atoms with Crippen molar-refractivity contribution in [3.8, 4) is 0 Å². The van der Waals surface area contributed by atoms with E-state index in [1.807, 2.05) is 30.3 Å². The van der Waals surface area contributed by atoms with Gasteiger partial charge in [0, 0.05) is 6.54 Å². The number of rotatable bonds is 8. The highest BCUT2D eigenvalue weighted by Crippen LogP contribution is 2.11. The maximum absolute atomic E-state index is 12.7. The normalized spacial score (nSPS) is 10.5. The first-order chi connectivity index (χ1) is 12.1. The lowest BCUT2D eigenvalue weighted by molar-refractivity contribution is -0.143. The Morgan fingerprint density at radius 3 is 2.72 bits per heavy atom. The second-order valence-corrected chi connectivity index (χ2v) is 5.67. The van der Waals surface area contributed by atoms with Gasteiger partial charge in [-0.2, -0.15) is 0 Å². The summed E-state index contributed by atoms with van der Waals surface area (Å²) in [6.07, 6.45) is 2.04. The number of carbonyl (C=O) groups excluding carboxylic acids is 1. The summed E-state index contributed by atoms with van der Waals surface area (Å²) >= 11 is 6.01. The standard InChI is InChI=1S/C17H21ClN4O3/c1-2-25-15(23)11-22-14(18)10-20-16(17(22)24)21(12-19)9-8-13-6-4-3-5-7-13/h3-7,10H,2,8-9,11-12,19H2,1H3. The van der Waals surface area contributed by atoms with Crippen molar-refractivity contribution >= 4 is 23.4 Å². The van der Waals surface area contributed by atoms with Gasteiger partial charge in [0.05, 0.1) is 19.5 Å². The summed E-state index contributed by atoms with van der Waals surface area (Å²) in [6.45, 7) is 2.30. The lowest BCUT2D eigenvalue weighted by Gasteiger charge is -2.22. The quantitative estimate of drug-likeness (QED) is 0.563. The highest BCUT2D eigenvalue weighted by atomic mass is 35.5. The maximum atomic E-state index is 12.7. The Bertz CT molecular complexity index is 764. The Hall–Kier alpha value is -2.38. The molecular formula is C17H21ClN4O3. The second-order valence-electron chi connectivity index (χ2n) is 5.28. The van der Waals surface area contributed by atoms with Crippen LogP contribution in [0.2, 0.25) is 5.15 Å². The molecule has 0 saturated heterocycles. The van der Waals surface area contributed by atoms with E-state index in [0.29, 0.717) is 13.0 Å². The van der Waals surface area contributed by atoms with E-state index in [1.54, 1.807) is 11.8 Å². The average Bonchev–Trinajstić information content (AvgIpc) is 2.61. The Morgan fingerprint density at radius 2 is 2.08 bits per heavy atom. The zero-order chi connectivity index (χ0) is 18.2. The number of hydrogen-bond acceptors (Lipinski definition) is 6. The van der Waals surface area contributed by atoms with Gasteiger partial charge in [0.15, 0.2) is 5.82 Å². The topological polar surface area (TPSA) is 90.5 Å². The van der Waals surface area contributed by atoms with E-state index in [-0.39, 0.29) is 30.8 Å². The molecule has 0 amide bonds. The second kappa shape index (κ2) is 9.19. The Balaban J connectivity index is 2.21. The van der Waals surface area contributed by atoms with Crippen molar-refractivity contribution in [1.82, 2.24) is 9.55 Å². The summed E-state index contributed by atoms with van der Waals surface area (Å²) in [7, 11) is 0. The van der Waals surface area contributed by atoms with Crippen LogP contribution >= 0.6 is 11.6 Å². The molecule has 0 aliphatic carbocycles. The molecule has 0 spiro atoms. The van der Waals surface area contributed by atoms with Crippen molar-refractivity contribution in [3.63, 3.8) is 0 Å². The minimum absolute atomic E-state index is 0.0711. The van der Waals surface area contributed by atoms with E-state index in [0.717, 1.165) is 10.1 Å². The molecule has 0 aliphatic rings. The fourth-order valence-electron chi connectivity index (χ4n) is 2.35. The van der Waals surface area contributed by atoms with Crippen LogP contribution in [0.4, 0.5) is 5.82 Å². The zero-order valence-corrected chi connectivity index (χ0v) is 14.8. The van der Waals surface area contributed by atoms with E-state index < -0.39 is 11.5 Å².